The van der Waals surface area contributed by atoms with Crippen molar-refractivity contribution in [1.29, 1.82) is 0 Å². The molecule has 0 atom stereocenters. The van der Waals surface area contributed by atoms with E-state index in [-0.39, 0.29) is 5.91 Å². The standard InChI is InChI=1S/C6H11NO3/c1-6(8)7-2-3-9-4-5-10-7/h2-5H2,1H3. The Morgan fingerprint density at radius 1 is 1.40 bits per heavy atom. The topological polar surface area (TPSA) is 38.8 Å². The van der Waals surface area contributed by atoms with E-state index in [2.05, 4.69) is 0 Å². The summed E-state index contributed by atoms with van der Waals surface area (Å²) in [5, 5.41) is 1.33. The Hall–Kier alpha value is -0.610. The quantitative estimate of drug-likeness (QED) is 0.473. The number of carbonyl (C=O) groups is 1. The average Bonchev–Trinajstić information content (AvgIpc) is 2.12. The van der Waals surface area contributed by atoms with Gasteiger partial charge >= 0.3 is 0 Å². The number of carbonyl (C=O) groups excluding carboxylic acids is 1. The van der Waals surface area contributed by atoms with Crippen LogP contribution < -0.4 is 0 Å². The van der Waals surface area contributed by atoms with Crippen LogP contribution in [0.5, 0.6) is 0 Å². The van der Waals surface area contributed by atoms with Crippen LogP contribution in [0.4, 0.5) is 0 Å². The highest BCUT2D eigenvalue weighted by Crippen LogP contribution is 1.96. The van der Waals surface area contributed by atoms with Crippen molar-refractivity contribution >= 4 is 5.91 Å². The van der Waals surface area contributed by atoms with Gasteiger partial charge in [0, 0.05) is 6.92 Å². The largest absolute Gasteiger partial charge is 0.377 e. The van der Waals surface area contributed by atoms with E-state index in [9.17, 15) is 4.79 Å². The molecule has 0 aromatic rings. The number of nitrogens with zero attached hydrogens (tertiary/aromatic N) is 1. The summed E-state index contributed by atoms with van der Waals surface area (Å²) >= 11 is 0. The third-order valence-corrected chi connectivity index (χ3v) is 1.26. The summed E-state index contributed by atoms with van der Waals surface area (Å²) in [6.45, 7) is 3.63. The highest BCUT2D eigenvalue weighted by molar-refractivity contribution is 5.71. The van der Waals surface area contributed by atoms with Gasteiger partial charge in [-0.1, -0.05) is 0 Å². The van der Waals surface area contributed by atoms with Crippen LogP contribution in [0, 0.1) is 0 Å². The average molecular weight is 145 g/mol. The van der Waals surface area contributed by atoms with E-state index in [0.29, 0.717) is 26.4 Å². The summed E-state index contributed by atoms with van der Waals surface area (Å²) in [7, 11) is 0. The highest BCUT2D eigenvalue weighted by Gasteiger charge is 2.11. The number of ether oxygens (including phenoxy) is 1. The van der Waals surface area contributed by atoms with E-state index in [4.69, 9.17) is 9.57 Å². The molecule has 1 aliphatic heterocycles. The maximum atomic E-state index is 10.7. The van der Waals surface area contributed by atoms with E-state index in [1.54, 1.807) is 0 Å². The Kier molecular flexibility index (Phi) is 2.65. The summed E-state index contributed by atoms with van der Waals surface area (Å²) in [6.07, 6.45) is 0. The van der Waals surface area contributed by atoms with Gasteiger partial charge in [0.15, 0.2) is 0 Å². The zero-order valence-electron chi connectivity index (χ0n) is 6.00. The van der Waals surface area contributed by atoms with Crippen molar-refractivity contribution in [3.05, 3.63) is 0 Å². The van der Waals surface area contributed by atoms with Crippen LogP contribution in [-0.4, -0.2) is 37.3 Å². The zero-order valence-corrected chi connectivity index (χ0v) is 6.00. The lowest BCUT2D eigenvalue weighted by molar-refractivity contribution is -0.179. The molecular formula is C6H11NO3. The molecule has 1 fully saturated rings. The first-order valence-corrected chi connectivity index (χ1v) is 3.29. The summed E-state index contributed by atoms with van der Waals surface area (Å²) < 4.78 is 5.06. The molecule has 0 radical (unpaired) electrons. The van der Waals surface area contributed by atoms with E-state index in [1.807, 2.05) is 0 Å². The van der Waals surface area contributed by atoms with Crippen LogP contribution in [0.3, 0.4) is 0 Å². The van der Waals surface area contributed by atoms with Gasteiger partial charge in [0.1, 0.15) is 0 Å². The Bertz CT molecular complexity index is 118. The maximum absolute atomic E-state index is 10.7. The van der Waals surface area contributed by atoms with Crippen molar-refractivity contribution in [2.45, 2.75) is 6.92 Å². The fourth-order valence-corrected chi connectivity index (χ4v) is 0.769. The summed E-state index contributed by atoms with van der Waals surface area (Å²) in [4.78, 5) is 15.7. The van der Waals surface area contributed by atoms with E-state index >= 15 is 0 Å². The summed E-state index contributed by atoms with van der Waals surface area (Å²) in [5.74, 6) is -0.0644. The molecule has 1 amide bonds. The molecule has 10 heavy (non-hydrogen) atoms. The Labute approximate surface area is 59.7 Å². The van der Waals surface area contributed by atoms with Crippen molar-refractivity contribution in [3.63, 3.8) is 0 Å². The van der Waals surface area contributed by atoms with Crippen LogP contribution in [0.15, 0.2) is 0 Å². The van der Waals surface area contributed by atoms with Crippen molar-refractivity contribution < 1.29 is 14.4 Å². The molecule has 0 aromatic heterocycles. The molecule has 0 saturated carbocycles. The maximum Gasteiger partial charge on any atom is 0.243 e. The number of amides is 1. The normalized spacial score (nSPS) is 20.3. The second-order valence-corrected chi connectivity index (χ2v) is 2.07. The SMILES string of the molecule is CC(=O)N1CCOCCO1. The first-order chi connectivity index (χ1) is 4.80. The molecular weight excluding hydrogens is 134 g/mol. The first-order valence-electron chi connectivity index (χ1n) is 3.29. The third-order valence-electron chi connectivity index (χ3n) is 1.26. The lowest BCUT2D eigenvalue weighted by Crippen LogP contribution is -2.30. The molecule has 1 heterocycles. The minimum Gasteiger partial charge on any atom is -0.377 e. The lowest BCUT2D eigenvalue weighted by Gasteiger charge is -2.15. The van der Waals surface area contributed by atoms with Gasteiger partial charge in [0.25, 0.3) is 0 Å². The molecule has 0 unspecified atom stereocenters. The van der Waals surface area contributed by atoms with Crippen LogP contribution in [0.2, 0.25) is 0 Å². The minimum absolute atomic E-state index is 0.0644. The van der Waals surface area contributed by atoms with Gasteiger partial charge in [-0.2, -0.15) is 0 Å². The highest BCUT2D eigenvalue weighted by atomic mass is 16.7. The molecule has 58 valence electrons. The molecule has 0 bridgehead atoms. The third kappa shape index (κ3) is 1.97. The van der Waals surface area contributed by atoms with E-state index in [0.717, 1.165) is 0 Å². The smallest absolute Gasteiger partial charge is 0.243 e. The van der Waals surface area contributed by atoms with Crippen LogP contribution in [0.1, 0.15) is 6.92 Å². The van der Waals surface area contributed by atoms with Gasteiger partial charge in [-0.3, -0.25) is 9.63 Å². The van der Waals surface area contributed by atoms with Gasteiger partial charge in [0.05, 0.1) is 26.4 Å². The number of hydroxylamine groups is 2. The van der Waals surface area contributed by atoms with Crippen LogP contribution >= 0.6 is 0 Å². The molecule has 4 nitrogen and oxygen atoms in total. The monoisotopic (exact) mass is 145 g/mol. The van der Waals surface area contributed by atoms with Gasteiger partial charge in [-0.05, 0) is 0 Å². The van der Waals surface area contributed by atoms with Gasteiger partial charge < -0.3 is 4.74 Å². The molecule has 0 N–H and O–H groups in total. The fourth-order valence-electron chi connectivity index (χ4n) is 0.769. The van der Waals surface area contributed by atoms with E-state index in [1.165, 1.54) is 12.0 Å². The second-order valence-electron chi connectivity index (χ2n) is 2.07. The molecule has 1 aliphatic rings. The lowest BCUT2D eigenvalue weighted by atomic mass is 10.6. The molecule has 0 aliphatic carbocycles. The number of rotatable bonds is 0. The van der Waals surface area contributed by atoms with Crippen molar-refractivity contribution in [2.75, 3.05) is 26.4 Å². The number of hydrogen-bond donors (Lipinski definition) is 0. The summed E-state index contributed by atoms with van der Waals surface area (Å²) in [5.41, 5.74) is 0. The second kappa shape index (κ2) is 3.53. The van der Waals surface area contributed by atoms with Gasteiger partial charge in [-0.25, -0.2) is 5.06 Å². The predicted molar refractivity (Wildman–Crippen MR) is 34.2 cm³/mol. The molecule has 1 saturated heterocycles. The molecule has 0 aromatic carbocycles. The number of hydrogen-bond acceptors (Lipinski definition) is 3. The van der Waals surface area contributed by atoms with Gasteiger partial charge in [0.2, 0.25) is 5.91 Å². The van der Waals surface area contributed by atoms with Crippen LogP contribution in [0.25, 0.3) is 0 Å². The molecule has 4 heteroatoms. The Morgan fingerprint density at radius 3 is 2.90 bits per heavy atom. The Morgan fingerprint density at radius 2 is 2.20 bits per heavy atom. The van der Waals surface area contributed by atoms with Crippen LogP contribution in [-0.2, 0) is 14.4 Å². The first kappa shape index (κ1) is 7.50. The Balaban J connectivity index is 2.35. The van der Waals surface area contributed by atoms with E-state index < -0.39 is 0 Å². The van der Waals surface area contributed by atoms with Crippen molar-refractivity contribution in [1.82, 2.24) is 5.06 Å². The fraction of sp³-hybridized carbons (Fsp3) is 0.833. The molecule has 1 rings (SSSR count). The minimum atomic E-state index is -0.0644. The van der Waals surface area contributed by atoms with Crippen molar-refractivity contribution in [2.24, 2.45) is 0 Å². The molecule has 0 spiro atoms. The zero-order chi connectivity index (χ0) is 7.40. The van der Waals surface area contributed by atoms with Gasteiger partial charge in [-0.15, -0.1) is 0 Å². The predicted octanol–water partition coefficient (Wildman–Crippen LogP) is -0.203. The summed E-state index contributed by atoms with van der Waals surface area (Å²) in [6, 6.07) is 0. The van der Waals surface area contributed by atoms with Crippen molar-refractivity contribution in [3.8, 4) is 0 Å².